The number of sulfone groups is 1. The molecule has 1 aromatic heterocycles. The van der Waals surface area contributed by atoms with Gasteiger partial charge in [-0.15, -0.1) is 12.4 Å². The van der Waals surface area contributed by atoms with Crippen molar-refractivity contribution in [2.24, 2.45) is 0 Å². The van der Waals surface area contributed by atoms with E-state index in [-0.39, 0.29) is 23.2 Å². The minimum Gasteiger partial charge on any atom is -0.308 e. The lowest BCUT2D eigenvalue weighted by Crippen LogP contribution is -2.36. The van der Waals surface area contributed by atoms with Crippen LogP contribution in [-0.2, 0) is 9.84 Å². The maximum Gasteiger partial charge on any atom is 0.260 e. The monoisotopic (exact) mass is 489 g/mol. The van der Waals surface area contributed by atoms with Crippen molar-refractivity contribution >= 4 is 65.6 Å². The summed E-state index contributed by atoms with van der Waals surface area (Å²) in [6, 6.07) is 18.6. The molecule has 0 saturated carbocycles. The smallest absolute Gasteiger partial charge is 0.260 e. The first-order valence-corrected chi connectivity index (χ1v) is 12.5. The topological polar surface area (TPSA) is 70.6 Å². The molecule has 0 aliphatic rings. The van der Waals surface area contributed by atoms with E-state index in [1.807, 2.05) is 67.5 Å². The number of amides is 1. The molecule has 32 heavy (non-hydrogen) atoms. The molecule has 0 aliphatic heterocycles. The highest BCUT2D eigenvalue weighted by molar-refractivity contribution is 7.91. The SMILES string of the molecule is CN(C)CCN(C(=O)c1ccc2ccccc2c1)c1nc2c(S(C)(=O)=O)cccc2s1.Cl. The number of halogens is 1. The zero-order chi connectivity index (χ0) is 22.2. The van der Waals surface area contributed by atoms with Gasteiger partial charge in [-0.2, -0.15) is 0 Å². The lowest BCUT2D eigenvalue weighted by molar-refractivity contribution is 0.0985. The van der Waals surface area contributed by atoms with Gasteiger partial charge < -0.3 is 4.90 Å². The maximum absolute atomic E-state index is 13.5. The molecule has 3 aromatic carbocycles. The molecule has 0 saturated heterocycles. The standard InChI is InChI=1S/C23H23N3O3S2.ClH/c1-25(2)13-14-26(22(27)18-12-11-16-7-4-5-8-17(16)15-18)23-24-21-19(30-23)9-6-10-20(21)31(3,28)29;/h4-12,15H,13-14H2,1-3H3;1H. The molecule has 0 N–H and O–H groups in total. The van der Waals surface area contributed by atoms with Crippen LogP contribution in [0.15, 0.2) is 65.6 Å². The van der Waals surface area contributed by atoms with E-state index in [1.165, 1.54) is 17.6 Å². The first kappa shape index (κ1) is 24.1. The number of rotatable bonds is 6. The molecule has 0 unspecified atom stereocenters. The number of carbonyl (C=O) groups excluding carboxylic acids is 1. The molecule has 4 rings (SSSR count). The molecule has 0 aliphatic carbocycles. The summed E-state index contributed by atoms with van der Waals surface area (Å²) in [5, 5.41) is 2.55. The van der Waals surface area contributed by atoms with Crippen LogP contribution in [0.5, 0.6) is 0 Å². The van der Waals surface area contributed by atoms with Crippen molar-refractivity contribution in [2.45, 2.75) is 4.90 Å². The van der Waals surface area contributed by atoms with Crippen LogP contribution in [0.3, 0.4) is 0 Å². The maximum atomic E-state index is 13.5. The Morgan fingerprint density at radius 1 is 0.969 bits per heavy atom. The van der Waals surface area contributed by atoms with Gasteiger partial charge in [0.15, 0.2) is 15.0 Å². The second-order valence-corrected chi connectivity index (χ2v) is 10.7. The molecule has 0 spiro atoms. The lowest BCUT2D eigenvalue weighted by atomic mass is 10.1. The number of thiazole rings is 1. The van der Waals surface area contributed by atoms with Crippen LogP contribution in [0, 0.1) is 0 Å². The average Bonchev–Trinajstić information content (AvgIpc) is 3.16. The number of para-hydroxylation sites is 1. The first-order valence-electron chi connectivity index (χ1n) is 9.79. The molecule has 168 valence electrons. The van der Waals surface area contributed by atoms with Gasteiger partial charge in [-0.05, 0) is 49.1 Å². The molecule has 0 radical (unpaired) electrons. The summed E-state index contributed by atoms with van der Waals surface area (Å²) in [6.07, 6.45) is 1.17. The average molecular weight is 490 g/mol. The van der Waals surface area contributed by atoms with Crippen LogP contribution in [0.2, 0.25) is 0 Å². The van der Waals surface area contributed by atoms with E-state index in [0.29, 0.717) is 29.3 Å². The third-order valence-electron chi connectivity index (χ3n) is 5.01. The highest BCUT2D eigenvalue weighted by atomic mass is 35.5. The van der Waals surface area contributed by atoms with E-state index in [0.717, 1.165) is 15.5 Å². The number of likely N-dealkylation sites (N-methyl/N-ethyl adjacent to an activating group) is 1. The van der Waals surface area contributed by atoms with Crippen LogP contribution in [0.25, 0.3) is 21.0 Å². The fourth-order valence-electron chi connectivity index (χ4n) is 3.39. The molecular formula is C23H24ClN3O3S2. The number of benzene rings is 3. The number of nitrogens with zero attached hydrogens (tertiary/aromatic N) is 3. The van der Waals surface area contributed by atoms with Gasteiger partial charge in [0.25, 0.3) is 5.91 Å². The summed E-state index contributed by atoms with van der Waals surface area (Å²) >= 11 is 1.32. The van der Waals surface area contributed by atoms with Crippen LogP contribution < -0.4 is 4.90 Å². The molecular weight excluding hydrogens is 466 g/mol. The molecule has 0 bridgehead atoms. The van der Waals surface area contributed by atoms with Gasteiger partial charge in [-0.25, -0.2) is 13.4 Å². The van der Waals surface area contributed by atoms with Crippen LogP contribution >= 0.6 is 23.7 Å². The third-order valence-corrected chi connectivity index (χ3v) is 7.19. The largest absolute Gasteiger partial charge is 0.308 e. The number of anilines is 1. The molecule has 1 amide bonds. The highest BCUT2D eigenvalue weighted by Gasteiger charge is 2.23. The fraction of sp³-hybridized carbons (Fsp3) is 0.217. The molecule has 9 heteroatoms. The van der Waals surface area contributed by atoms with Crippen LogP contribution in [0.4, 0.5) is 5.13 Å². The quantitative estimate of drug-likeness (QED) is 0.399. The zero-order valence-electron chi connectivity index (χ0n) is 18.0. The second kappa shape index (κ2) is 9.54. The normalized spacial score (nSPS) is 11.6. The Bertz CT molecular complexity index is 1380. The minimum absolute atomic E-state index is 0. The van der Waals surface area contributed by atoms with Crippen molar-refractivity contribution in [3.8, 4) is 0 Å². The van der Waals surface area contributed by atoms with E-state index in [4.69, 9.17) is 0 Å². The zero-order valence-corrected chi connectivity index (χ0v) is 20.4. The van der Waals surface area contributed by atoms with Gasteiger partial charge >= 0.3 is 0 Å². The van der Waals surface area contributed by atoms with Gasteiger partial charge in [0, 0.05) is 24.9 Å². The van der Waals surface area contributed by atoms with E-state index in [1.54, 1.807) is 17.0 Å². The molecule has 0 atom stereocenters. The Morgan fingerprint density at radius 2 is 1.69 bits per heavy atom. The Balaban J connectivity index is 0.00000289. The van der Waals surface area contributed by atoms with Gasteiger partial charge in [-0.3, -0.25) is 9.69 Å². The van der Waals surface area contributed by atoms with Crippen molar-refractivity contribution in [3.05, 3.63) is 66.2 Å². The summed E-state index contributed by atoms with van der Waals surface area (Å²) in [7, 11) is 0.455. The van der Waals surface area contributed by atoms with Crippen molar-refractivity contribution in [2.75, 3.05) is 38.3 Å². The molecule has 0 fully saturated rings. The Kier molecular flexibility index (Phi) is 7.19. The molecule has 4 aromatic rings. The summed E-state index contributed by atoms with van der Waals surface area (Å²) in [4.78, 5) is 21.9. The molecule has 1 heterocycles. The number of hydrogen-bond donors (Lipinski definition) is 0. The molecule has 6 nitrogen and oxygen atoms in total. The predicted molar refractivity (Wildman–Crippen MR) is 134 cm³/mol. The van der Waals surface area contributed by atoms with Gasteiger partial charge in [0.2, 0.25) is 0 Å². The highest BCUT2D eigenvalue weighted by Crippen LogP contribution is 2.33. The van der Waals surface area contributed by atoms with Crippen molar-refractivity contribution in [1.29, 1.82) is 0 Å². The van der Waals surface area contributed by atoms with E-state index >= 15 is 0 Å². The summed E-state index contributed by atoms with van der Waals surface area (Å²) in [6.45, 7) is 1.08. The van der Waals surface area contributed by atoms with Crippen molar-refractivity contribution in [3.63, 3.8) is 0 Å². The number of fused-ring (bicyclic) bond motifs is 2. The van der Waals surface area contributed by atoms with Crippen LogP contribution in [-0.4, -0.2) is 57.6 Å². The van der Waals surface area contributed by atoms with Gasteiger partial charge in [0.1, 0.15) is 5.52 Å². The fourth-order valence-corrected chi connectivity index (χ4v) is 5.30. The third kappa shape index (κ3) is 4.94. The van der Waals surface area contributed by atoms with Crippen molar-refractivity contribution in [1.82, 2.24) is 9.88 Å². The minimum atomic E-state index is -3.43. The second-order valence-electron chi connectivity index (χ2n) is 7.69. The Labute approximate surface area is 197 Å². The van der Waals surface area contributed by atoms with Crippen molar-refractivity contribution < 1.29 is 13.2 Å². The van der Waals surface area contributed by atoms with Gasteiger partial charge in [-0.1, -0.05) is 47.7 Å². The lowest BCUT2D eigenvalue weighted by Gasteiger charge is -2.22. The Hall–Kier alpha value is -2.52. The summed E-state index contributed by atoms with van der Waals surface area (Å²) in [5.74, 6) is -0.160. The van der Waals surface area contributed by atoms with E-state index in [2.05, 4.69) is 4.98 Å². The number of aromatic nitrogens is 1. The van der Waals surface area contributed by atoms with E-state index in [9.17, 15) is 13.2 Å². The number of hydrogen-bond acceptors (Lipinski definition) is 6. The van der Waals surface area contributed by atoms with E-state index < -0.39 is 9.84 Å². The van der Waals surface area contributed by atoms with Gasteiger partial charge in [0.05, 0.1) is 9.60 Å². The van der Waals surface area contributed by atoms with Crippen LogP contribution in [0.1, 0.15) is 10.4 Å². The first-order chi connectivity index (χ1) is 14.7. The summed E-state index contributed by atoms with van der Waals surface area (Å²) < 4.78 is 25.1. The number of carbonyl (C=O) groups is 1. The summed E-state index contributed by atoms with van der Waals surface area (Å²) in [5.41, 5.74) is 0.978. The predicted octanol–water partition coefficient (Wildman–Crippen LogP) is 4.48. The Morgan fingerprint density at radius 3 is 2.38 bits per heavy atom.